The molecule has 0 amide bonds. The maximum absolute atomic E-state index is 12.1. The number of hydrogen-bond donors (Lipinski definition) is 1. The summed E-state index contributed by atoms with van der Waals surface area (Å²) in [6, 6.07) is 1.34. The smallest absolute Gasteiger partial charge is 0.245 e. The van der Waals surface area contributed by atoms with Crippen molar-refractivity contribution in [3.8, 4) is 0 Å². The van der Waals surface area contributed by atoms with E-state index < -0.39 is 15.6 Å². The number of rotatable bonds is 3. The molecule has 4 nitrogen and oxygen atoms in total. The van der Waals surface area contributed by atoms with Crippen molar-refractivity contribution in [3.63, 3.8) is 0 Å². The summed E-state index contributed by atoms with van der Waals surface area (Å²) in [4.78, 5) is 0.0207. The van der Waals surface area contributed by atoms with Crippen LogP contribution in [-0.4, -0.2) is 36.5 Å². The SMILES string of the molecule is CCC1(O)CN(S(=O)(=O)c2cc(Cl)sc2Cl)C1. The quantitative estimate of drug-likeness (QED) is 0.930. The zero-order valence-electron chi connectivity index (χ0n) is 8.98. The fraction of sp³-hybridized carbons (Fsp3) is 0.556. The molecular formula is C9H11Cl2NO3S2. The Bertz CT molecular complexity index is 534. The number of aliphatic hydroxyl groups is 1. The summed E-state index contributed by atoms with van der Waals surface area (Å²) in [6.07, 6.45) is 0.525. The Hall–Kier alpha value is 0.150. The Morgan fingerprint density at radius 3 is 2.53 bits per heavy atom. The van der Waals surface area contributed by atoms with Gasteiger partial charge in [0.1, 0.15) is 9.23 Å². The van der Waals surface area contributed by atoms with Gasteiger partial charge in [-0.05, 0) is 12.5 Å². The minimum atomic E-state index is -3.63. The molecule has 2 heterocycles. The molecule has 1 aromatic rings. The number of sulfonamides is 1. The van der Waals surface area contributed by atoms with E-state index in [4.69, 9.17) is 23.2 Å². The Labute approximate surface area is 114 Å². The van der Waals surface area contributed by atoms with Crippen molar-refractivity contribution < 1.29 is 13.5 Å². The molecule has 0 spiro atoms. The van der Waals surface area contributed by atoms with Crippen LogP contribution in [0.4, 0.5) is 0 Å². The van der Waals surface area contributed by atoms with Crippen molar-refractivity contribution in [2.24, 2.45) is 0 Å². The molecule has 1 aromatic heterocycles. The van der Waals surface area contributed by atoms with Gasteiger partial charge in [0.15, 0.2) is 0 Å². The molecule has 0 aromatic carbocycles. The molecule has 17 heavy (non-hydrogen) atoms. The molecule has 1 aliphatic rings. The highest BCUT2D eigenvalue weighted by Crippen LogP contribution is 2.38. The van der Waals surface area contributed by atoms with Crippen LogP contribution >= 0.6 is 34.5 Å². The first-order valence-electron chi connectivity index (χ1n) is 4.96. The topological polar surface area (TPSA) is 57.6 Å². The first-order valence-corrected chi connectivity index (χ1v) is 7.97. The minimum Gasteiger partial charge on any atom is -0.387 e. The highest BCUT2D eigenvalue weighted by atomic mass is 35.5. The van der Waals surface area contributed by atoms with Crippen molar-refractivity contribution in [1.82, 2.24) is 4.31 Å². The van der Waals surface area contributed by atoms with Gasteiger partial charge in [-0.25, -0.2) is 8.42 Å². The Morgan fingerprint density at radius 2 is 2.12 bits per heavy atom. The third-order valence-corrected chi connectivity index (χ3v) is 6.39. The van der Waals surface area contributed by atoms with E-state index >= 15 is 0 Å². The van der Waals surface area contributed by atoms with Gasteiger partial charge in [-0.2, -0.15) is 4.31 Å². The van der Waals surface area contributed by atoms with Crippen LogP contribution in [0.25, 0.3) is 0 Å². The first-order chi connectivity index (χ1) is 7.78. The van der Waals surface area contributed by atoms with Gasteiger partial charge in [0.25, 0.3) is 0 Å². The Balaban J connectivity index is 2.25. The van der Waals surface area contributed by atoms with Crippen molar-refractivity contribution in [3.05, 3.63) is 14.7 Å². The van der Waals surface area contributed by atoms with E-state index in [1.54, 1.807) is 0 Å². The van der Waals surface area contributed by atoms with Gasteiger partial charge < -0.3 is 5.11 Å². The number of β-amino-alcohol motifs (C(OH)–C–C–N with tert-alkyl or cyclic N) is 1. The molecule has 1 N–H and O–H groups in total. The summed E-state index contributed by atoms with van der Waals surface area (Å²) >= 11 is 12.6. The van der Waals surface area contributed by atoms with Crippen molar-refractivity contribution >= 4 is 44.6 Å². The third-order valence-electron chi connectivity index (χ3n) is 2.84. The van der Waals surface area contributed by atoms with E-state index in [0.29, 0.717) is 10.8 Å². The van der Waals surface area contributed by atoms with Gasteiger partial charge in [-0.3, -0.25) is 0 Å². The monoisotopic (exact) mass is 315 g/mol. The van der Waals surface area contributed by atoms with Crippen LogP contribution in [0.15, 0.2) is 11.0 Å². The second-order valence-corrected chi connectivity index (χ2v) is 8.23. The standard InChI is InChI=1S/C9H11Cl2NO3S2/c1-2-9(13)4-12(5-9)17(14,15)6-3-7(10)16-8(6)11/h3,13H,2,4-5H2,1H3. The predicted octanol–water partition coefficient (Wildman–Crippen LogP) is 2.20. The number of nitrogens with zero attached hydrogens (tertiary/aromatic N) is 1. The normalized spacial score (nSPS) is 20.2. The second-order valence-electron chi connectivity index (χ2n) is 4.04. The summed E-state index contributed by atoms with van der Waals surface area (Å²) in [6.45, 7) is 2.03. The predicted molar refractivity (Wildman–Crippen MR) is 68.3 cm³/mol. The molecule has 1 fully saturated rings. The lowest BCUT2D eigenvalue weighted by Gasteiger charge is -2.44. The van der Waals surface area contributed by atoms with E-state index in [1.165, 1.54) is 10.4 Å². The molecule has 1 aliphatic heterocycles. The summed E-state index contributed by atoms with van der Waals surface area (Å²) < 4.78 is 26.0. The maximum atomic E-state index is 12.1. The summed E-state index contributed by atoms with van der Waals surface area (Å²) in [7, 11) is -3.63. The number of thiophene rings is 1. The molecule has 0 bridgehead atoms. The second kappa shape index (κ2) is 4.36. The maximum Gasteiger partial charge on any atom is 0.245 e. The average Bonchev–Trinajstić information content (AvgIpc) is 2.53. The van der Waals surface area contributed by atoms with Crippen LogP contribution in [0.5, 0.6) is 0 Å². The van der Waals surface area contributed by atoms with Gasteiger partial charge in [-0.15, -0.1) is 11.3 Å². The molecule has 1 saturated heterocycles. The van der Waals surface area contributed by atoms with Gasteiger partial charge in [-0.1, -0.05) is 30.1 Å². The van der Waals surface area contributed by atoms with Crippen LogP contribution in [0.2, 0.25) is 8.67 Å². The number of halogens is 2. The van der Waals surface area contributed by atoms with Crippen LogP contribution in [0, 0.1) is 0 Å². The fourth-order valence-corrected chi connectivity index (χ4v) is 5.36. The minimum absolute atomic E-state index is 0.0207. The molecule has 0 unspecified atom stereocenters. The Kier molecular flexibility index (Phi) is 3.48. The van der Waals surface area contributed by atoms with Crippen LogP contribution in [0.3, 0.4) is 0 Å². The van der Waals surface area contributed by atoms with Crippen LogP contribution in [-0.2, 0) is 10.0 Å². The van der Waals surface area contributed by atoms with E-state index in [-0.39, 0.29) is 22.3 Å². The molecule has 8 heteroatoms. The van der Waals surface area contributed by atoms with Gasteiger partial charge in [0, 0.05) is 13.1 Å². The molecule has 0 saturated carbocycles. The summed E-state index contributed by atoms with van der Waals surface area (Å²) in [5.74, 6) is 0. The van der Waals surface area contributed by atoms with Crippen LogP contribution in [0.1, 0.15) is 13.3 Å². The third kappa shape index (κ3) is 2.34. The largest absolute Gasteiger partial charge is 0.387 e. The molecule has 0 atom stereocenters. The molecule has 0 aliphatic carbocycles. The van der Waals surface area contributed by atoms with E-state index in [0.717, 1.165) is 11.3 Å². The molecule has 96 valence electrons. The summed E-state index contributed by atoms with van der Waals surface area (Å²) in [5.41, 5.74) is -0.903. The molecule has 2 rings (SSSR count). The van der Waals surface area contributed by atoms with Gasteiger partial charge >= 0.3 is 0 Å². The van der Waals surface area contributed by atoms with Crippen molar-refractivity contribution in [2.45, 2.75) is 23.8 Å². The summed E-state index contributed by atoms with van der Waals surface area (Å²) in [5, 5.41) is 9.81. The molecular weight excluding hydrogens is 305 g/mol. The van der Waals surface area contributed by atoms with E-state index in [1.807, 2.05) is 6.92 Å². The lowest BCUT2D eigenvalue weighted by atomic mass is 9.94. The first kappa shape index (κ1) is 13.6. The van der Waals surface area contributed by atoms with Crippen molar-refractivity contribution in [2.75, 3.05) is 13.1 Å². The van der Waals surface area contributed by atoms with Gasteiger partial charge in [0.05, 0.1) is 9.94 Å². The van der Waals surface area contributed by atoms with Gasteiger partial charge in [0.2, 0.25) is 10.0 Å². The van der Waals surface area contributed by atoms with E-state index in [9.17, 15) is 13.5 Å². The van der Waals surface area contributed by atoms with Crippen LogP contribution < -0.4 is 0 Å². The van der Waals surface area contributed by atoms with Crippen molar-refractivity contribution in [1.29, 1.82) is 0 Å². The fourth-order valence-electron chi connectivity index (χ4n) is 1.64. The lowest BCUT2D eigenvalue weighted by Crippen LogP contribution is -2.62. The lowest BCUT2D eigenvalue weighted by molar-refractivity contribution is -0.0613. The molecule has 0 radical (unpaired) electrons. The highest BCUT2D eigenvalue weighted by molar-refractivity contribution is 7.89. The highest BCUT2D eigenvalue weighted by Gasteiger charge is 2.46. The zero-order chi connectivity index (χ0) is 12.8. The van der Waals surface area contributed by atoms with E-state index in [2.05, 4.69) is 0 Å². The average molecular weight is 316 g/mol. The zero-order valence-corrected chi connectivity index (χ0v) is 12.1. The Morgan fingerprint density at radius 1 is 1.53 bits per heavy atom. The number of hydrogen-bond acceptors (Lipinski definition) is 4.